The monoisotopic (exact) mass is 761 g/mol. The fourth-order valence-electron chi connectivity index (χ4n) is 9.73. The van der Waals surface area contributed by atoms with Crippen molar-refractivity contribution in [2.24, 2.45) is 16.8 Å². The zero-order valence-corrected chi connectivity index (χ0v) is 31.3. The van der Waals surface area contributed by atoms with Crippen LogP contribution in [0.5, 0.6) is 0 Å². The number of thiazole rings is 1. The SMILES string of the molecule is CCOC(=O)C1=C(C)N=c2s/c(=C/C34c5ccccc5C(c5ccccc53)[C@@H]3C(=O)N(c5ccccc5Cl)C(=O)[C@H]34)c(=O)n2[C@H]1c1cccc2ccccc12. The van der Waals surface area contributed by atoms with Gasteiger partial charge < -0.3 is 4.74 Å². The van der Waals surface area contributed by atoms with Crippen LogP contribution < -0.4 is 19.8 Å². The lowest BCUT2D eigenvalue weighted by atomic mass is 9.47. The molecular formula is C45H32ClN3O5S. The van der Waals surface area contributed by atoms with Crippen LogP contribution in [-0.2, 0) is 24.5 Å². The van der Waals surface area contributed by atoms with Gasteiger partial charge in [0.15, 0.2) is 4.80 Å². The fraction of sp³-hybridized carbons (Fsp3) is 0.178. The van der Waals surface area contributed by atoms with Crippen molar-refractivity contribution in [3.8, 4) is 0 Å². The quantitative estimate of drug-likeness (QED) is 0.142. The molecule has 0 unspecified atom stereocenters. The first-order valence-corrected chi connectivity index (χ1v) is 19.4. The molecule has 3 aliphatic carbocycles. The number of fused-ring (bicyclic) bond motifs is 2. The maximum absolute atomic E-state index is 15.2. The van der Waals surface area contributed by atoms with Crippen molar-refractivity contribution >= 4 is 63.3 Å². The van der Waals surface area contributed by atoms with E-state index in [2.05, 4.69) is 0 Å². The normalized spacial score (nSPS) is 23.7. The molecule has 0 saturated carbocycles. The molecule has 2 aliphatic heterocycles. The van der Waals surface area contributed by atoms with E-state index in [-0.39, 0.29) is 35.5 Å². The first-order valence-electron chi connectivity index (χ1n) is 18.3. The van der Waals surface area contributed by atoms with Crippen molar-refractivity contribution in [3.63, 3.8) is 0 Å². The molecule has 6 aromatic rings. The van der Waals surface area contributed by atoms with Crippen LogP contribution in [0.15, 0.2) is 136 Å². The smallest absolute Gasteiger partial charge is 0.338 e. The predicted molar refractivity (Wildman–Crippen MR) is 212 cm³/mol. The molecule has 0 N–H and O–H groups in total. The summed E-state index contributed by atoms with van der Waals surface area (Å²) in [7, 11) is 0. The van der Waals surface area contributed by atoms with Crippen molar-refractivity contribution in [2.75, 3.05) is 11.5 Å². The Bertz CT molecular complexity index is 2860. The molecule has 1 saturated heterocycles. The van der Waals surface area contributed by atoms with Gasteiger partial charge in [-0.15, -0.1) is 0 Å². The lowest BCUT2D eigenvalue weighted by Crippen LogP contribution is -2.53. The summed E-state index contributed by atoms with van der Waals surface area (Å²) in [5.41, 5.74) is 3.94. The number of benzene rings is 5. The number of anilines is 1. The number of halogens is 1. The predicted octanol–water partition coefficient (Wildman–Crippen LogP) is 6.81. The molecule has 5 aromatic carbocycles. The number of carbonyl (C=O) groups is 3. The van der Waals surface area contributed by atoms with Crippen LogP contribution in [-0.4, -0.2) is 29.0 Å². The Morgan fingerprint density at radius 2 is 1.47 bits per heavy atom. The molecular weight excluding hydrogens is 730 g/mol. The van der Waals surface area contributed by atoms with E-state index in [0.717, 1.165) is 38.6 Å². The molecule has 0 radical (unpaired) electrons. The summed E-state index contributed by atoms with van der Waals surface area (Å²) in [6.45, 7) is 3.68. The topological polar surface area (TPSA) is 98.0 Å². The highest BCUT2D eigenvalue weighted by Gasteiger charge is 2.67. The van der Waals surface area contributed by atoms with Crippen LogP contribution in [0, 0.1) is 11.8 Å². The number of esters is 1. The second-order valence-corrected chi connectivity index (χ2v) is 15.8. The first kappa shape index (κ1) is 33.7. The molecule has 0 spiro atoms. The van der Waals surface area contributed by atoms with Crippen LogP contribution in [0.1, 0.15) is 53.6 Å². The third-order valence-corrected chi connectivity index (χ3v) is 13.1. The minimum Gasteiger partial charge on any atom is -0.463 e. The molecule has 10 heteroatoms. The summed E-state index contributed by atoms with van der Waals surface area (Å²) in [6, 6.07) is 35.7. The number of ether oxygens (including phenoxy) is 1. The molecule has 1 fully saturated rings. The molecule has 11 rings (SSSR count). The number of allylic oxidation sites excluding steroid dienone is 1. The fourth-order valence-corrected chi connectivity index (χ4v) is 11.0. The molecule has 8 nitrogen and oxygen atoms in total. The van der Waals surface area contributed by atoms with E-state index in [1.807, 2.05) is 97.1 Å². The number of aromatic nitrogens is 1. The van der Waals surface area contributed by atoms with Gasteiger partial charge in [-0.2, -0.15) is 0 Å². The molecule has 2 bridgehead atoms. The van der Waals surface area contributed by atoms with Gasteiger partial charge in [0.25, 0.3) is 5.56 Å². The summed E-state index contributed by atoms with van der Waals surface area (Å²) >= 11 is 7.88. The van der Waals surface area contributed by atoms with Gasteiger partial charge in [-0.3, -0.25) is 19.0 Å². The number of rotatable bonds is 5. The van der Waals surface area contributed by atoms with Crippen molar-refractivity contribution in [1.82, 2.24) is 4.57 Å². The van der Waals surface area contributed by atoms with Crippen molar-refractivity contribution in [3.05, 3.63) is 179 Å². The highest BCUT2D eigenvalue weighted by Crippen LogP contribution is 2.65. The average Bonchev–Trinajstić information content (AvgIpc) is 3.65. The molecule has 1 aromatic heterocycles. The minimum atomic E-state index is -1.20. The number of carbonyl (C=O) groups excluding carboxylic acids is 3. The Hall–Kier alpha value is -5.90. The number of para-hydroxylation sites is 1. The Balaban J connectivity index is 1.27. The second kappa shape index (κ2) is 12.3. The van der Waals surface area contributed by atoms with Gasteiger partial charge in [-0.1, -0.05) is 126 Å². The maximum atomic E-state index is 15.2. The highest BCUT2D eigenvalue weighted by molar-refractivity contribution is 7.07. The number of hydrogen-bond donors (Lipinski definition) is 0. The van der Waals surface area contributed by atoms with E-state index in [1.165, 1.54) is 16.2 Å². The summed E-state index contributed by atoms with van der Waals surface area (Å²) in [5.74, 6) is -3.21. The van der Waals surface area contributed by atoms with Gasteiger partial charge in [-0.05, 0) is 70.6 Å². The number of amides is 2. The minimum absolute atomic E-state index is 0.158. The van der Waals surface area contributed by atoms with Crippen LogP contribution >= 0.6 is 22.9 Å². The summed E-state index contributed by atoms with van der Waals surface area (Å²) in [6.07, 6.45) is 1.91. The van der Waals surface area contributed by atoms with Gasteiger partial charge in [0.2, 0.25) is 11.8 Å². The van der Waals surface area contributed by atoms with Crippen LogP contribution in [0.2, 0.25) is 5.02 Å². The first-order chi connectivity index (χ1) is 26.8. The number of hydrogen-bond acceptors (Lipinski definition) is 7. The van der Waals surface area contributed by atoms with Gasteiger partial charge >= 0.3 is 5.97 Å². The van der Waals surface area contributed by atoms with Gasteiger partial charge in [0.05, 0.1) is 56.4 Å². The van der Waals surface area contributed by atoms with Crippen LogP contribution in [0.4, 0.5) is 5.69 Å². The summed E-state index contributed by atoms with van der Waals surface area (Å²) < 4.78 is 7.52. The molecule has 2 amide bonds. The Labute approximate surface area is 324 Å². The standard InChI is InChI=1S/C45H32ClN3O5S/c1-3-54-43(53)35-24(2)47-44-49(39(35)27-18-12-14-25-13-4-5-15-26(25)27)40(50)34(55-44)23-45-30-19-8-6-16-28(30)36(29-17-7-9-20-31(29)45)37-38(45)42(52)48(41(37)51)33-22-11-10-21-32(33)46/h4-23,36-39H,3H2,1-2H3/b34-23+/t36?,37-,38-,39-,45?/m0/s1. The Kier molecular flexibility index (Phi) is 7.53. The van der Waals surface area contributed by atoms with Gasteiger partial charge in [0.1, 0.15) is 0 Å². The van der Waals surface area contributed by atoms with Crippen LogP contribution in [0.3, 0.4) is 0 Å². The summed E-state index contributed by atoms with van der Waals surface area (Å²) in [5, 5.41) is 2.16. The van der Waals surface area contributed by atoms with E-state index >= 15 is 9.59 Å². The molecule has 55 heavy (non-hydrogen) atoms. The van der Waals surface area contributed by atoms with Gasteiger partial charge in [0, 0.05) is 5.92 Å². The molecule has 3 atom stereocenters. The lowest BCUT2D eigenvalue weighted by molar-refractivity contribution is -0.139. The van der Waals surface area contributed by atoms with E-state index in [4.69, 9.17) is 21.3 Å². The highest BCUT2D eigenvalue weighted by atomic mass is 35.5. The van der Waals surface area contributed by atoms with E-state index < -0.39 is 29.3 Å². The third kappa shape index (κ3) is 4.54. The number of nitrogens with zero attached hydrogens (tertiary/aromatic N) is 3. The maximum Gasteiger partial charge on any atom is 0.338 e. The van der Waals surface area contributed by atoms with Gasteiger partial charge in [-0.25, -0.2) is 14.7 Å². The van der Waals surface area contributed by atoms with Crippen molar-refractivity contribution in [2.45, 2.75) is 31.2 Å². The zero-order chi connectivity index (χ0) is 37.7. The second-order valence-electron chi connectivity index (χ2n) is 14.4. The van der Waals surface area contributed by atoms with Crippen molar-refractivity contribution < 1.29 is 19.1 Å². The zero-order valence-electron chi connectivity index (χ0n) is 29.7. The largest absolute Gasteiger partial charge is 0.463 e. The van der Waals surface area contributed by atoms with Crippen molar-refractivity contribution in [1.29, 1.82) is 0 Å². The Morgan fingerprint density at radius 1 is 0.836 bits per heavy atom. The van der Waals surface area contributed by atoms with E-state index in [9.17, 15) is 9.59 Å². The average molecular weight is 762 g/mol. The number of imide groups is 1. The molecule has 5 aliphatic rings. The lowest BCUT2D eigenvalue weighted by Gasteiger charge is -2.53. The molecule has 270 valence electrons. The third-order valence-electron chi connectivity index (χ3n) is 11.8. The summed E-state index contributed by atoms with van der Waals surface area (Å²) in [4.78, 5) is 65.3. The molecule has 3 heterocycles. The van der Waals surface area contributed by atoms with E-state index in [0.29, 0.717) is 25.7 Å². The van der Waals surface area contributed by atoms with E-state index in [1.54, 1.807) is 42.7 Å². The Morgan fingerprint density at radius 3 is 2.20 bits per heavy atom. The van der Waals surface area contributed by atoms with Crippen LogP contribution in [0.25, 0.3) is 16.8 Å².